The number of hydrogen-bond acceptors (Lipinski definition) is 5. The molecular formula is C11H19NO6. The van der Waals surface area contributed by atoms with Crippen LogP contribution in [0.25, 0.3) is 0 Å². The molecule has 1 N–H and O–H groups in total. The van der Waals surface area contributed by atoms with Gasteiger partial charge in [-0.15, -0.1) is 0 Å². The summed E-state index contributed by atoms with van der Waals surface area (Å²) in [4.78, 5) is 34.8. The van der Waals surface area contributed by atoms with E-state index in [4.69, 9.17) is 9.84 Å². The van der Waals surface area contributed by atoms with Crippen molar-refractivity contribution in [1.82, 2.24) is 4.90 Å². The Hall–Kier alpha value is -1.79. The van der Waals surface area contributed by atoms with Gasteiger partial charge in [0.1, 0.15) is 5.60 Å². The van der Waals surface area contributed by atoms with Crippen LogP contribution in [0.1, 0.15) is 27.7 Å². The third kappa shape index (κ3) is 5.03. The minimum Gasteiger partial charge on any atom is -0.479 e. The van der Waals surface area contributed by atoms with Crippen molar-refractivity contribution in [3.63, 3.8) is 0 Å². The molecule has 0 heterocycles. The van der Waals surface area contributed by atoms with Crippen LogP contribution in [-0.4, -0.2) is 53.3 Å². The molecule has 0 aliphatic carbocycles. The maximum Gasteiger partial charge on any atom is 0.411 e. The van der Waals surface area contributed by atoms with E-state index in [0.29, 0.717) is 4.90 Å². The number of amides is 1. The molecule has 0 bridgehead atoms. The molecule has 0 aromatic heterocycles. The van der Waals surface area contributed by atoms with Gasteiger partial charge in [-0.2, -0.15) is 0 Å². The smallest absolute Gasteiger partial charge is 0.411 e. The van der Waals surface area contributed by atoms with Crippen LogP contribution in [0.2, 0.25) is 0 Å². The van der Waals surface area contributed by atoms with Gasteiger partial charge in [-0.05, 0) is 27.7 Å². The van der Waals surface area contributed by atoms with E-state index in [1.54, 1.807) is 27.7 Å². The van der Waals surface area contributed by atoms with Crippen molar-refractivity contribution < 1.29 is 29.0 Å². The average molecular weight is 261 g/mol. The summed E-state index contributed by atoms with van der Waals surface area (Å²) in [6.45, 7) is 6.49. The molecule has 0 spiro atoms. The number of carboxylic acids is 1. The summed E-state index contributed by atoms with van der Waals surface area (Å²) in [6.07, 6.45) is -0.900. The number of carbonyl (C=O) groups is 3. The minimum atomic E-state index is -1.71. The topological polar surface area (TPSA) is 93.1 Å². The highest BCUT2D eigenvalue weighted by molar-refractivity contribution is 6.00. The first kappa shape index (κ1) is 16.2. The average Bonchev–Trinajstić information content (AvgIpc) is 2.14. The maximum atomic E-state index is 11.6. The second kappa shape index (κ2) is 6.23. The summed E-state index contributed by atoms with van der Waals surface area (Å²) in [5.74, 6) is -2.47. The highest BCUT2D eigenvalue weighted by Gasteiger charge is 2.36. The lowest BCUT2D eigenvalue weighted by molar-refractivity contribution is -0.159. The molecule has 1 amide bonds. The fourth-order valence-corrected chi connectivity index (χ4v) is 1.09. The van der Waals surface area contributed by atoms with Gasteiger partial charge in [0, 0.05) is 7.05 Å². The van der Waals surface area contributed by atoms with Gasteiger partial charge in [0.05, 0.1) is 6.61 Å². The summed E-state index contributed by atoms with van der Waals surface area (Å²) in [7, 11) is 1.17. The van der Waals surface area contributed by atoms with E-state index in [1.807, 2.05) is 0 Å². The highest BCUT2D eigenvalue weighted by atomic mass is 16.6. The molecule has 1 atom stereocenters. The summed E-state index contributed by atoms with van der Waals surface area (Å²) < 4.78 is 9.57. The maximum absolute atomic E-state index is 11.6. The summed E-state index contributed by atoms with van der Waals surface area (Å²) >= 11 is 0. The predicted octanol–water partition coefficient (Wildman–Crippen LogP) is 0.870. The van der Waals surface area contributed by atoms with Crippen molar-refractivity contribution in [3.05, 3.63) is 0 Å². The van der Waals surface area contributed by atoms with Crippen molar-refractivity contribution in [2.24, 2.45) is 0 Å². The zero-order chi connectivity index (χ0) is 14.5. The fraction of sp³-hybridized carbons (Fsp3) is 0.727. The van der Waals surface area contributed by atoms with Gasteiger partial charge < -0.3 is 14.6 Å². The number of rotatable bonds is 4. The van der Waals surface area contributed by atoms with E-state index in [0.717, 1.165) is 0 Å². The zero-order valence-electron chi connectivity index (χ0n) is 11.2. The third-order valence-corrected chi connectivity index (χ3v) is 1.81. The van der Waals surface area contributed by atoms with Crippen molar-refractivity contribution >= 4 is 18.0 Å². The molecule has 0 aliphatic heterocycles. The van der Waals surface area contributed by atoms with Crippen LogP contribution in [0.4, 0.5) is 4.79 Å². The molecule has 0 fully saturated rings. The van der Waals surface area contributed by atoms with E-state index >= 15 is 0 Å². The molecule has 1 unspecified atom stereocenters. The van der Waals surface area contributed by atoms with Gasteiger partial charge in [0.15, 0.2) is 0 Å². The predicted molar refractivity (Wildman–Crippen MR) is 62.1 cm³/mol. The lowest BCUT2D eigenvalue weighted by Crippen LogP contribution is -2.49. The van der Waals surface area contributed by atoms with E-state index in [1.165, 1.54) is 7.05 Å². The van der Waals surface area contributed by atoms with Gasteiger partial charge >= 0.3 is 18.0 Å². The second-order valence-electron chi connectivity index (χ2n) is 4.58. The number of aliphatic carboxylic acids is 1. The number of hydrogen-bond donors (Lipinski definition) is 1. The van der Waals surface area contributed by atoms with Gasteiger partial charge in [0.2, 0.25) is 6.04 Å². The van der Waals surface area contributed by atoms with Crippen molar-refractivity contribution in [2.45, 2.75) is 39.3 Å². The van der Waals surface area contributed by atoms with Crippen LogP contribution in [0.5, 0.6) is 0 Å². The van der Waals surface area contributed by atoms with Gasteiger partial charge in [-0.1, -0.05) is 0 Å². The minimum absolute atomic E-state index is 0.0325. The molecule has 0 aromatic rings. The molecule has 0 radical (unpaired) electrons. The molecule has 7 heteroatoms. The largest absolute Gasteiger partial charge is 0.479 e. The molecule has 0 aliphatic rings. The Morgan fingerprint density at radius 3 is 2.11 bits per heavy atom. The number of carboxylic acid groups (broad SMARTS) is 1. The third-order valence-electron chi connectivity index (χ3n) is 1.81. The monoisotopic (exact) mass is 261 g/mol. The molecule has 104 valence electrons. The Labute approximate surface area is 106 Å². The lowest BCUT2D eigenvalue weighted by Gasteiger charge is -2.27. The second-order valence-corrected chi connectivity index (χ2v) is 4.58. The Morgan fingerprint density at radius 1 is 1.28 bits per heavy atom. The summed E-state index contributed by atoms with van der Waals surface area (Å²) in [6, 6.07) is -1.71. The molecule has 0 rings (SSSR count). The lowest BCUT2D eigenvalue weighted by atomic mass is 10.2. The number of esters is 1. The first-order chi connectivity index (χ1) is 8.10. The Bertz CT molecular complexity index is 333. The van der Waals surface area contributed by atoms with Gasteiger partial charge in [-0.3, -0.25) is 4.90 Å². The van der Waals surface area contributed by atoms with Crippen LogP contribution in [-0.2, 0) is 19.1 Å². The normalized spacial score (nSPS) is 12.5. The molecular weight excluding hydrogens is 242 g/mol. The SMILES string of the molecule is CCOC(=O)C(C(=O)O)N(C)C(=O)OC(C)(C)C. The Kier molecular flexibility index (Phi) is 5.61. The van der Waals surface area contributed by atoms with Crippen molar-refractivity contribution in [1.29, 1.82) is 0 Å². The van der Waals surface area contributed by atoms with Crippen LogP contribution in [0, 0.1) is 0 Å². The number of carbonyl (C=O) groups excluding carboxylic acids is 2. The number of nitrogens with zero attached hydrogens (tertiary/aromatic N) is 1. The van der Waals surface area contributed by atoms with Gasteiger partial charge in [-0.25, -0.2) is 14.4 Å². The Balaban J connectivity index is 4.87. The van der Waals surface area contributed by atoms with E-state index in [2.05, 4.69) is 4.74 Å². The highest BCUT2D eigenvalue weighted by Crippen LogP contribution is 2.11. The van der Waals surface area contributed by atoms with E-state index in [9.17, 15) is 14.4 Å². The van der Waals surface area contributed by atoms with E-state index in [-0.39, 0.29) is 6.61 Å². The van der Waals surface area contributed by atoms with Crippen molar-refractivity contribution in [2.75, 3.05) is 13.7 Å². The number of ether oxygens (including phenoxy) is 2. The van der Waals surface area contributed by atoms with Crippen LogP contribution >= 0.6 is 0 Å². The molecule has 0 saturated carbocycles. The first-order valence-electron chi connectivity index (χ1n) is 5.45. The molecule has 0 aromatic carbocycles. The molecule has 18 heavy (non-hydrogen) atoms. The van der Waals surface area contributed by atoms with Crippen LogP contribution in [0.15, 0.2) is 0 Å². The molecule has 0 saturated heterocycles. The van der Waals surface area contributed by atoms with Crippen LogP contribution in [0.3, 0.4) is 0 Å². The number of likely N-dealkylation sites (N-methyl/N-ethyl adjacent to an activating group) is 1. The summed E-state index contributed by atoms with van der Waals surface area (Å²) in [5, 5.41) is 8.94. The standard InChI is InChI=1S/C11H19NO6/c1-6-17-9(15)7(8(13)14)12(5)10(16)18-11(2,3)4/h7H,6H2,1-5H3,(H,13,14). The van der Waals surface area contributed by atoms with Gasteiger partial charge in [0.25, 0.3) is 0 Å². The van der Waals surface area contributed by atoms with Crippen LogP contribution < -0.4 is 0 Å². The van der Waals surface area contributed by atoms with E-state index < -0.39 is 29.7 Å². The molecule has 7 nitrogen and oxygen atoms in total. The quantitative estimate of drug-likeness (QED) is 0.596. The first-order valence-corrected chi connectivity index (χ1v) is 5.45. The summed E-state index contributed by atoms with van der Waals surface area (Å²) in [5.41, 5.74) is -0.775. The zero-order valence-corrected chi connectivity index (χ0v) is 11.2. The fourth-order valence-electron chi connectivity index (χ4n) is 1.09. The Morgan fingerprint density at radius 2 is 1.78 bits per heavy atom. The van der Waals surface area contributed by atoms with Crippen molar-refractivity contribution in [3.8, 4) is 0 Å².